The topological polar surface area (TPSA) is 104 Å². The van der Waals surface area contributed by atoms with E-state index in [4.69, 9.17) is 5.73 Å². The molecule has 19 heavy (non-hydrogen) atoms. The average molecular weight is 264 g/mol. The minimum Gasteiger partial charge on any atom is -0.481 e. The zero-order valence-corrected chi connectivity index (χ0v) is 11.3. The molecule has 4 N–H and O–H groups in total. The molecule has 6 nitrogen and oxygen atoms in total. The number of carboxylic acids is 1. The minimum atomic E-state index is -0.924. The summed E-state index contributed by atoms with van der Waals surface area (Å²) in [5.74, 6) is -1.12. The number of rotatable bonds is 5. The number of fused-ring (bicyclic) bond motifs is 1. The fourth-order valence-corrected chi connectivity index (χ4v) is 2.82. The third-order valence-electron chi connectivity index (χ3n) is 3.78. The van der Waals surface area contributed by atoms with Gasteiger partial charge in [-0.3, -0.25) is 9.89 Å². The highest BCUT2D eigenvalue weighted by Gasteiger charge is 2.47. The number of carboxylic acid groups (broad SMARTS) is 1. The van der Waals surface area contributed by atoms with Gasteiger partial charge in [-0.1, -0.05) is 26.2 Å². The first-order chi connectivity index (χ1) is 9.00. The Hall–Kier alpha value is -1.69. The van der Waals surface area contributed by atoms with Crippen LogP contribution >= 0.6 is 0 Å². The second-order valence-corrected chi connectivity index (χ2v) is 5.15. The number of hydrogen-bond donors (Lipinski definition) is 3. The van der Waals surface area contributed by atoms with E-state index in [1.54, 1.807) is 13.1 Å². The van der Waals surface area contributed by atoms with Crippen LogP contribution < -0.4 is 5.73 Å². The summed E-state index contributed by atoms with van der Waals surface area (Å²) >= 11 is 0. The van der Waals surface area contributed by atoms with Crippen molar-refractivity contribution in [3.8, 4) is 0 Å². The second kappa shape index (κ2) is 5.13. The van der Waals surface area contributed by atoms with Crippen LogP contribution in [0.2, 0.25) is 0 Å². The quantitative estimate of drug-likeness (QED) is 0.707. The van der Waals surface area contributed by atoms with E-state index in [2.05, 4.69) is 22.1 Å². The van der Waals surface area contributed by atoms with Gasteiger partial charge >= 0.3 is 5.97 Å². The number of aromatic nitrogens is 2. The fraction of sp³-hybridized carbons (Fsp3) is 0.615. The van der Waals surface area contributed by atoms with E-state index < -0.39 is 17.4 Å². The predicted octanol–water partition coefficient (Wildman–Crippen LogP) is 1.95. The molecule has 2 unspecified atom stereocenters. The molecule has 104 valence electrons. The molecular formula is C13H20N4O2. The van der Waals surface area contributed by atoms with E-state index in [-0.39, 0.29) is 0 Å². The van der Waals surface area contributed by atoms with E-state index >= 15 is 0 Å². The van der Waals surface area contributed by atoms with Crippen LogP contribution in [0.3, 0.4) is 0 Å². The van der Waals surface area contributed by atoms with Crippen LogP contribution in [0, 0.1) is 5.92 Å². The Kier molecular flexibility index (Phi) is 3.71. The van der Waals surface area contributed by atoms with Crippen molar-refractivity contribution >= 4 is 17.5 Å². The van der Waals surface area contributed by atoms with Gasteiger partial charge in [0, 0.05) is 11.3 Å². The molecule has 6 heteroatoms. The Bertz CT molecular complexity index is 508. The van der Waals surface area contributed by atoms with Crippen molar-refractivity contribution in [3.05, 3.63) is 11.8 Å². The van der Waals surface area contributed by atoms with Crippen LogP contribution in [0.4, 0.5) is 5.82 Å². The summed E-state index contributed by atoms with van der Waals surface area (Å²) in [6, 6.07) is 0. The fourth-order valence-electron chi connectivity index (χ4n) is 2.82. The molecule has 1 aliphatic rings. The molecule has 0 aromatic carbocycles. The van der Waals surface area contributed by atoms with Crippen molar-refractivity contribution in [1.82, 2.24) is 10.2 Å². The molecule has 0 saturated carbocycles. The molecule has 1 aromatic rings. The molecule has 0 bridgehead atoms. The SMILES string of the molecule is CCCCCC1(N)c2cn[nH]c2N=C(C)C1C(=O)O. The Morgan fingerprint density at radius 2 is 2.32 bits per heavy atom. The minimum absolute atomic E-state index is 0.531. The van der Waals surface area contributed by atoms with E-state index in [9.17, 15) is 9.90 Å². The Balaban J connectivity index is 2.40. The Morgan fingerprint density at radius 1 is 1.58 bits per heavy atom. The number of nitrogens with two attached hydrogens (primary N) is 1. The third kappa shape index (κ3) is 2.28. The van der Waals surface area contributed by atoms with E-state index in [0.29, 0.717) is 23.5 Å². The molecule has 2 rings (SSSR count). The van der Waals surface area contributed by atoms with Gasteiger partial charge in [0.25, 0.3) is 0 Å². The van der Waals surface area contributed by atoms with Gasteiger partial charge in [0.15, 0.2) is 5.82 Å². The number of nitrogens with one attached hydrogen (secondary N) is 1. The van der Waals surface area contributed by atoms with Gasteiger partial charge in [-0.2, -0.15) is 5.10 Å². The van der Waals surface area contributed by atoms with Gasteiger partial charge in [-0.25, -0.2) is 4.99 Å². The average Bonchev–Trinajstić information content (AvgIpc) is 2.77. The summed E-state index contributed by atoms with van der Waals surface area (Å²) in [5.41, 5.74) is 6.79. The molecule has 2 atom stereocenters. The number of aromatic amines is 1. The van der Waals surface area contributed by atoms with Gasteiger partial charge in [-0.15, -0.1) is 0 Å². The summed E-state index contributed by atoms with van der Waals surface area (Å²) in [6.45, 7) is 3.82. The first-order valence-electron chi connectivity index (χ1n) is 6.61. The number of hydrogen-bond acceptors (Lipinski definition) is 4. The molecule has 0 saturated heterocycles. The lowest BCUT2D eigenvalue weighted by Crippen LogP contribution is -2.52. The molecule has 1 aromatic heterocycles. The highest BCUT2D eigenvalue weighted by molar-refractivity contribution is 6.04. The first kappa shape index (κ1) is 13.7. The van der Waals surface area contributed by atoms with Crippen LogP contribution in [-0.2, 0) is 10.3 Å². The molecule has 0 radical (unpaired) electrons. The van der Waals surface area contributed by atoms with Gasteiger partial charge in [-0.05, 0) is 13.3 Å². The standard InChI is InChI=1S/C13H20N4O2/c1-3-4-5-6-13(14)9-7-15-17-11(9)16-8(2)10(13)12(18)19/h7,10H,3-6,14H2,1-2H3,(H,15,17)(H,18,19). The molecule has 2 heterocycles. The lowest BCUT2D eigenvalue weighted by atomic mass is 9.72. The van der Waals surface area contributed by atoms with Crippen molar-refractivity contribution in [2.24, 2.45) is 16.6 Å². The van der Waals surface area contributed by atoms with Crippen LogP contribution in [0.15, 0.2) is 11.2 Å². The zero-order valence-electron chi connectivity index (χ0n) is 11.3. The maximum atomic E-state index is 11.6. The third-order valence-corrected chi connectivity index (χ3v) is 3.78. The largest absolute Gasteiger partial charge is 0.481 e. The zero-order chi connectivity index (χ0) is 14.0. The maximum Gasteiger partial charge on any atom is 0.314 e. The molecule has 0 amide bonds. The number of unbranched alkanes of at least 4 members (excludes halogenated alkanes) is 2. The molecule has 0 fully saturated rings. The van der Waals surface area contributed by atoms with Gasteiger partial charge < -0.3 is 10.8 Å². The monoisotopic (exact) mass is 264 g/mol. The predicted molar refractivity (Wildman–Crippen MR) is 72.5 cm³/mol. The van der Waals surface area contributed by atoms with E-state index in [0.717, 1.165) is 19.3 Å². The number of aliphatic imine (C=N–C) groups is 1. The summed E-state index contributed by atoms with van der Waals surface area (Å²) in [4.78, 5) is 15.8. The lowest BCUT2D eigenvalue weighted by molar-refractivity contribution is -0.141. The molecular weight excluding hydrogens is 244 g/mol. The Labute approximate surface area is 112 Å². The summed E-state index contributed by atoms with van der Waals surface area (Å²) in [6.07, 6.45) is 5.23. The lowest BCUT2D eigenvalue weighted by Gasteiger charge is -2.37. The highest BCUT2D eigenvalue weighted by Crippen LogP contribution is 2.41. The van der Waals surface area contributed by atoms with Crippen molar-refractivity contribution in [3.63, 3.8) is 0 Å². The van der Waals surface area contributed by atoms with Gasteiger partial charge in [0.05, 0.1) is 11.7 Å². The normalized spacial score (nSPS) is 25.8. The maximum absolute atomic E-state index is 11.6. The molecule has 0 spiro atoms. The first-order valence-corrected chi connectivity index (χ1v) is 6.61. The molecule has 1 aliphatic heterocycles. The smallest absolute Gasteiger partial charge is 0.314 e. The van der Waals surface area contributed by atoms with Crippen molar-refractivity contribution < 1.29 is 9.90 Å². The number of aliphatic carboxylic acids is 1. The van der Waals surface area contributed by atoms with Crippen molar-refractivity contribution in [1.29, 1.82) is 0 Å². The number of H-pyrrole nitrogens is 1. The van der Waals surface area contributed by atoms with E-state index in [1.807, 2.05) is 0 Å². The Morgan fingerprint density at radius 3 is 2.95 bits per heavy atom. The van der Waals surface area contributed by atoms with E-state index in [1.165, 1.54) is 0 Å². The summed E-state index contributed by atoms with van der Waals surface area (Å²) < 4.78 is 0. The number of carbonyl (C=O) groups is 1. The van der Waals surface area contributed by atoms with Gasteiger partial charge in [0.1, 0.15) is 5.92 Å². The number of nitrogens with zero attached hydrogens (tertiary/aromatic N) is 2. The summed E-state index contributed by atoms with van der Waals surface area (Å²) in [7, 11) is 0. The second-order valence-electron chi connectivity index (χ2n) is 5.15. The van der Waals surface area contributed by atoms with Crippen molar-refractivity contribution in [2.45, 2.75) is 45.1 Å². The van der Waals surface area contributed by atoms with Crippen LogP contribution in [0.25, 0.3) is 0 Å². The van der Waals surface area contributed by atoms with Crippen LogP contribution in [-0.4, -0.2) is 27.0 Å². The van der Waals surface area contributed by atoms with Crippen molar-refractivity contribution in [2.75, 3.05) is 0 Å². The highest BCUT2D eigenvalue weighted by atomic mass is 16.4. The molecule has 0 aliphatic carbocycles. The van der Waals surface area contributed by atoms with Crippen LogP contribution in [0.1, 0.15) is 45.1 Å². The summed E-state index contributed by atoms with van der Waals surface area (Å²) in [5, 5.41) is 16.2. The van der Waals surface area contributed by atoms with Crippen LogP contribution in [0.5, 0.6) is 0 Å². The van der Waals surface area contributed by atoms with Gasteiger partial charge in [0.2, 0.25) is 0 Å².